The van der Waals surface area contributed by atoms with Crippen LogP contribution in [0.25, 0.3) is 22.3 Å². The molecule has 1 aliphatic rings. The predicted molar refractivity (Wildman–Crippen MR) is 129 cm³/mol. The Morgan fingerprint density at radius 3 is 2.91 bits per heavy atom. The number of ether oxygens (including phenoxy) is 1. The Morgan fingerprint density at radius 2 is 2.15 bits per heavy atom. The van der Waals surface area contributed by atoms with Crippen molar-refractivity contribution in [1.29, 1.82) is 0 Å². The van der Waals surface area contributed by atoms with Gasteiger partial charge in [0.25, 0.3) is 0 Å². The smallest absolute Gasteiger partial charge is 0.246 e. The molecule has 4 heterocycles. The van der Waals surface area contributed by atoms with Gasteiger partial charge in [0.1, 0.15) is 30.2 Å². The highest BCUT2D eigenvalue weighted by molar-refractivity contribution is 6.32. The van der Waals surface area contributed by atoms with Gasteiger partial charge < -0.3 is 15.4 Å². The van der Waals surface area contributed by atoms with Crippen LogP contribution in [-0.4, -0.2) is 48.6 Å². The summed E-state index contributed by atoms with van der Waals surface area (Å²) in [5.74, 6) is 0.773. The number of hydrogen-bond donors (Lipinski definition) is 1. The Labute approximate surface area is 200 Å². The van der Waals surface area contributed by atoms with E-state index < -0.39 is 0 Å². The van der Waals surface area contributed by atoms with Crippen LogP contribution in [0.4, 0.5) is 5.82 Å². The standard InChI is InChI=1S/C24H22ClN7O2/c1-2-20(33)31-10-8-17(12-31)32-24-21(23(26)28-14-29-24)22(30-32)15-6-7-19(18(25)11-15)34-13-16-5-3-4-9-27-16/h2-7,9,11,14,17H,1,8,10,12-13H2,(H2,26,28,29)/t17-/m1/s1. The minimum Gasteiger partial charge on any atom is -0.486 e. The number of amides is 1. The van der Waals surface area contributed by atoms with Gasteiger partial charge in [-0.1, -0.05) is 24.2 Å². The molecule has 1 amide bonds. The number of anilines is 1. The number of halogens is 1. The normalized spacial score (nSPS) is 15.6. The summed E-state index contributed by atoms with van der Waals surface area (Å²) in [6.07, 6.45) is 5.21. The van der Waals surface area contributed by atoms with E-state index in [4.69, 9.17) is 27.2 Å². The number of benzene rings is 1. The molecule has 4 aromatic rings. The molecule has 0 unspecified atom stereocenters. The van der Waals surface area contributed by atoms with Gasteiger partial charge in [0.15, 0.2) is 5.65 Å². The summed E-state index contributed by atoms with van der Waals surface area (Å²) < 4.78 is 7.67. The maximum Gasteiger partial charge on any atom is 0.246 e. The minimum atomic E-state index is -0.0959. The largest absolute Gasteiger partial charge is 0.486 e. The Bertz CT molecular complexity index is 1370. The number of aromatic nitrogens is 5. The molecule has 1 aromatic carbocycles. The molecular weight excluding hydrogens is 454 g/mol. The average molecular weight is 476 g/mol. The van der Waals surface area contributed by atoms with Gasteiger partial charge in [-0.15, -0.1) is 0 Å². The monoisotopic (exact) mass is 475 g/mol. The van der Waals surface area contributed by atoms with Crippen LogP contribution in [0.5, 0.6) is 5.75 Å². The fourth-order valence-corrected chi connectivity index (χ4v) is 4.36. The summed E-state index contributed by atoms with van der Waals surface area (Å²) in [7, 11) is 0. The lowest BCUT2D eigenvalue weighted by Gasteiger charge is -2.14. The SMILES string of the molecule is C=CC(=O)N1CC[C@@H](n2nc(-c3ccc(OCc4ccccn4)c(Cl)c3)c3c(N)ncnc32)C1. The fourth-order valence-electron chi connectivity index (χ4n) is 4.12. The first-order valence-corrected chi connectivity index (χ1v) is 11.2. The fraction of sp³-hybridized carbons (Fsp3) is 0.208. The third-order valence-corrected chi connectivity index (χ3v) is 6.12. The second-order valence-corrected chi connectivity index (χ2v) is 8.34. The lowest BCUT2D eigenvalue weighted by molar-refractivity contribution is -0.125. The van der Waals surface area contributed by atoms with Crippen LogP contribution in [0.3, 0.4) is 0 Å². The Morgan fingerprint density at radius 1 is 1.26 bits per heavy atom. The van der Waals surface area contributed by atoms with Crippen LogP contribution in [0.1, 0.15) is 18.2 Å². The van der Waals surface area contributed by atoms with Crippen molar-refractivity contribution >= 4 is 34.4 Å². The van der Waals surface area contributed by atoms with Gasteiger partial charge in [0, 0.05) is 24.8 Å². The second kappa shape index (κ2) is 9.11. The molecule has 0 radical (unpaired) electrons. The van der Waals surface area contributed by atoms with E-state index >= 15 is 0 Å². The number of hydrogen-bond acceptors (Lipinski definition) is 7. The quantitative estimate of drug-likeness (QED) is 0.423. The Kier molecular flexibility index (Phi) is 5.85. The van der Waals surface area contributed by atoms with Crippen LogP contribution < -0.4 is 10.5 Å². The number of nitrogen functional groups attached to an aromatic ring is 1. The summed E-state index contributed by atoms with van der Waals surface area (Å²) in [4.78, 5) is 26.7. The van der Waals surface area contributed by atoms with Crippen molar-refractivity contribution in [2.75, 3.05) is 18.8 Å². The van der Waals surface area contributed by atoms with Crippen molar-refractivity contribution in [1.82, 2.24) is 29.6 Å². The number of pyridine rings is 1. The molecule has 5 rings (SSSR count). The van der Waals surface area contributed by atoms with Crippen molar-refractivity contribution in [3.05, 3.63) is 72.3 Å². The van der Waals surface area contributed by atoms with Crippen molar-refractivity contribution in [2.45, 2.75) is 19.1 Å². The van der Waals surface area contributed by atoms with Gasteiger partial charge in [0.05, 0.1) is 22.1 Å². The van der Waals surface area contributed by atoms with Crippen molar-refractivity contribution in [2.24, 2.45) is 0 Å². The zero-order valence-corrected chi connectivity index (χ0v) is 19.0. The molecule has 2 N–H and O–H groups in total. The number of nitrogens with zero attached hydrogens (tertiary/aromatic N) is 6. The summed E-state index contributed by atoms with van der Waals surface area (Å²) in [5.41, 5.74) is 9.04. The molecule has 3 aromatic heterocycles. The molecule has 1 atom stereocenters. The first-order valence-electron chi connectivity index (χ1n) is 10.8. The topological polar surface area (TPSA) is 112 Å². The van der Waals surface area contributed by atoms with Gasteiger partial charge in [0.2, 0.25) is 5.91 Å². The molecule has 0 saturated carbocycles. The molecular formula is C24H22ClN7O2. The van der Waals surface area contributed by atoms with Gasteiger partial charge in [-0.2, -0.15) is 5.10 Å². The van der Waals surface area contributed by atoms with E-state index in [1.54, 1.807) is 23.2 Å². The molecule has 1 aliphatic heterocycles. The summed E-state index contributed by atoms with van der Waals surface area (Å²) >= 11 is 6.54. The number of carbonyl (C=O) groups is 1. The summed E-state index contributed by atoms with van der Waals surface area (Å²) in [6.45, 7) is 5.03. The van der Waals surface area contributed by atoms with Gasteiger partial charge >= 0.3 is 0 Å². The maximum atomic E-state index is 12.1. The lowest BCUT2D eigenvalue weighted by Crippen LogP contribution is -2.27. The number of carbonyl (C=O) groups excluding carboxylic acids is 1. The van der Waals surface area contributed by atoms with Crippen molar-refractivity contribution in [3.63, 3.8) is 0 Å². The Balaban J connectivity index is 1.47. The highest BCUT2D eigenvalue weighted by atomic mass is 35.5. The maximum absolute atomic E-state index is 12.1. The molecule has 1 fully saturated rings. The van der Waals surface area contributed by atoms with E-state index in [0.29, 0.717) is 53.0 Å². The van der Waals surface area contributed by atoms with E-state index in [1.165, 1.54) is 12.4 Å². The summed E-state index contributed by atoms with van der Waals surface area (Å²) in [5, 5.41) is 5.93. The molecule has 0 aliphatic carbocycles. The Hall–Kier alpha value is -3.98. The van der Waals surface area contributed by atoms with Crippen molar-refractivity contribution in [3.8, 4) is 17.0 Å². The number of rotatable bonds is 6. The minimum absolute atomic E-state index is 0.0362. The zero-order chi connectivity index (χ0) is 23.7. The van der Waals surface area contributed by atoms with Gasteiger partial charge in [-0.3, -0.25) is 9.78 Å². The van der Waals surface area contributed by atoms with E-state index in [1.807, 2.05) is 28.9 Å². The number of nitrogens with two attached hydrogens (primary N) is 1. The van der Waals surface area contributed by atoms with Crippen molar-refractivity contribution < 1.29 is 9.53 Å². The lowest BCUT2D eigenvalue weighted by atomic mass is 10.1. The second-order valence-electron chi connectivity index (χ2n) is 7.94. The highest BCUT2D eigenvalue weighted by Gasteiger charge is 2.30. The van der Waals surface area contributed by atoms with Crippen LogP contribution >= 0.6 is 11.6 Å². The van der Waals surface area contributed by atoms with E-state index in [-0.39, 0.29) is 11.9 Å². The third-order valence-electron chi connectivity index (χ3n) is 5.82. The van der Waals surface area contributed by atoms with E-state index in [0.717, 1.165) is 17.7 Å². The molecule has 34 heavy (non-hydrogen) atoms. The number of fused-ring (bicyclic) bond motifs is 1. The third kappa shape index (κ3) is 4.06. The summed E-state index contributed by atoms with van der Waals surface area (Å²) in [6, 6.07) is 11.1. The molecule has 10 heteroatoms. The first kappa shape index (κ1) is 21.8. The molecule has 9 nitrogen and oxygen atoms in total. The molecule has 0 bridgehead atoms. The van der Waals surface area contributed by atoms with Crippen LogP contribution in [0, 0.1) is 0 Å². The highest BCUT2D eigenvalue weighted by Crippen LogP contribution is 2.37. The van der Waals surface area contributed by atoms with Gasteiger partial charge in [-0.25, -0.2) is 14.6 Å². The van der Waals surface area contributed by atoms with E-state index in [9.17, 15) is 4.79 Å². The first-order chi connectivity index (χ1) is 16.5. The molecule has 1 saturated heterocycles. The van der Waals surface area contributed by atoms with Crippen LogP contribution in [-0.2, 0) is 11.4 Å². The molecule has 0 spiro atoms. The zero-order valence-electron chi connectivity index (χ0n) is 18.3. The number of likely N-dealkylation sites (tertiary alicyclic amines) is 1. The van der Waals surface area contributed by atoms with E-state index in [2.05, 4.69) is 21.5 Å². The van der Waals surface area contributed by atoms with Crippen LogP contribution in [0.15, 0.2) is 61.6 Å². The van der Waals surface area contributed by atoms with Gasteiger partial charge in [-0.05, 0) is 42.8 Å². The average Bonchev–Trinajstić information content (AvgIpc) is 3.49. The predicted octanol–water partition coefficient (Wildman–Crippen LogP) is 3.66. The van der Waals surface area contributed by atoms with Crippen LogP contribution in [0.2, 0.25) is 5.02 Å². The molecule has 172 valence electrons.